The molecular weight excluding hydrogens is 449 g/mol. The average Bonchev–Trinajstić information content (AvgIpc) is 2.87. The predicted octanol–water partition coefficient (Wildman–Crippen LogP) is 8.38. The van der Waals surface area contributed by atoms with Crippen LogP contribution >= 0.6 is 0 Å². The molecular formula is C30H31F3O2. The monoisotopic (exact) mass is 480 g/mol. The topological polar surface area (TPSA) is 18.5 Å². The molecule has 3 aromatic carbocycles. The number of allylic oxidation sites excluding steroid dienone is 2. The summed E-state index contributed by atoms with van der Waals surface area (Å²) in [5.41, 5.74) is 2.87. The van der Waals surface area contributed by atoms with Gasteiger partial charge in [0, 0.05) is 17.2 Å². The van der Waals surface area contributed by atoms with E-state index in [4.69, 9.17) is 9.47 Å². The Balaban J connectivity index is 1.38. The maximum absolute atomic E-state index is 14.9. The van der Waals surface area contributed by atoms with Gasteiger partial charge in [0.05, 0.1) is 13.2 Å². The van der Waals surface area contributed by atoms with E-state index in [0.717, 1.165) is 31.3 Å². The lowest BCUT2D eigenvalue weighted by Gasteiger charge is -2.23. The first-order chi connectivity index (χ1) is 17.0. The zero-order chi connectivity index (χ0) is 24.8. The molecule has 1 aliphatic rings. The summed E-state index contributed by atoms with van der Waals surface area (Å²) < 4.78 is 55.0. The number of ether oxygens (including phenoxy) is 2. The van der Waals surface area contributed by atoms with Crippen molar-refractivity contribution < 1.29 is 22.6 Å². The van der Waals surface area contributed by atoms with Crippen molar-refractivity contribution in [2.45, 2.75) is 46.0 Å². The van der Waals surface area contributed by atoms with Crippen molar-refractivity contribution in [3.05, 3.63) is 89.3 Å². The lowest BCUT2D eigenvalue weighted by atomic mass is 9.83. The fraction of sp³-hybridized carbons (Fsp3) is 0.333. The molecule has 0 aliphatic heterocycles. The quantitative estimate of drug-likeness (QED) is 0.306. The van der Waals surface area contributed by atoms with E-state index in [-0.39, 0.29) is 11.4 Å². The third-order valence-electron chi connectivity index (χ3n) is 6.58. The SMILES string of the molecule is CCOc1ccc(-c2ccc(CCC3CC=C(c4ccc(OCC)cc4F)CC3)c(F)c2F)cc1. The molecule has 0 bridgehead atoms. The van der Waals surface area contributed by atoms with Crippen molar-refractivity contribution in [2.24, 2.45) is 5.92 Å². The molecule has 184 valence electrons. The number of aryl methyl sites for hydroxylation is 1. The Kier molecular flexibility index (Phi) is 8.17. The lowest BCUT2D eigenvalue weighted by molar-refractivity contribution is 0.338. The van der Waals surface area contributed by atoms with Crippen LogP contribution in [0.3, 0.4) is 0 Å². The number of hydrogen-bond acceptors (Lipinski definition) is 2. The zero-order valence-corrected chi connectivity index (χ0v) is 20.3. The van der Waals surface area contributed by atoms with Crippen molar-refractivity contribution in [1.29, 1.82) is 0 Å². The molecule has 1 atom stereocenters. The summed E-state index contributed by atoms with van der Waals surface area (Å²) in [6.07, 6.45) is 5.77. The highest BCUT2D eigenvalue weighted by Crippen LogP contribution is 2.35. The Morgan fingerprint density at radius 3 is 2.14 bits per heavy atom. The molecule has 5 heteroatoms. The van der Waals surface area contributed by atoms with E-state index in [1.54, 1.807) is 48.5 Å². The molecule has 0 amide bonds. The molecule has 0 heterocycles. The minimum Gasteiger partial charge on any atom is -0.494 e. The van der Waals surface area contributed by atoms with Crippen LogP contribution in [-0.2, 0) is 6.42 Å². The van der Waals surface area contributed by atoms with Crippen LogP contribution in [0.5, 0.6) is 11.5 Å². The maximum atomic E-state index is 14.9. The van der Waals surface area contributed by atoms with Crippen molar-refractivity contribution in [1.82, 2.24) is 0 Å². The van der Waals surface area contributed by atoms with Gasteiger partial charge in [-0.3, -0.25) is 0 Å². The van der Waals surface area contributed by atoms with Crippen LogP contribution in [0.2, 0.25) is 0 Å². The summed E-state index contributed by atoms with van der Waals surface area (Å²) in [7, 11) is 0. The highest BCUT2D eigenvalue weighted by Gasteiger charge is 2.20. The maximum Gasteiger partial charge on any atom is 0.166 e. The first kappa shape index (κ1) is 24.9. The third-order valence-corrected chi connectivity index (χ3v) is 6.58. The largest absolute Gasteiger partial charge is 0.494 e. The molecule has 0 saturated heterocycles. The van der Waals surface area contributed by atoms with Gasteiger partial charge < -0.3 is 9.47 Å². The van der Waals surface area contributed by atoms with Gasteiger partial charge in [-0.15, -0.1) is 0 Å². The molecule has 3 aromatic rings. The van der Waals surface area contributed by atoms with E-state index in [9.17, 15) is 13.2 Å². The van der Waals surface area contributed by atoms with Crippen LogP contribution < -0.4 is 9.47 Å². The summed E-state index contributed by atoms with van der Waals surface area (Å²) in [4.78, 5) is 0. The van der Waals surface area contributed by atoms with Crippen LogP contribution in [0.1, 0.15) is 50.7 Å². The second-order valence-corrected chi connectivity index (χ2v) is 8.84. The van der Waals surface area contributed by atoms with E-state index in [1.807, 2.05) is 13.8 Å². The van der Waals surface area contributed by atoms with E-state index in [0.29, 0.717) is 53.7 Å². The molecule has 1 unspecified atom stereocenters. The molecule has 0 N–H and O–H groups in total. The van der Waals surface area contributed by atoms with Gasteiger partial charge >= 0.3 is 0 Å². The summed E-state index contributed by atoms with van der Waals surface area (Å²) in [5, 5.41) is 0. The van der Waals surface area contributed by atoms with E-state index in [2.05, 4.69) is 6.08 Å². The Bertz CT molecular complexity index is 1180. The number of halogens is 3. The van der Waals surface area contributed by atoms with Gasteiger partial charge in [0.2, 0.25) is 0 Å². The average molecular weight is 481 g/mol. The molecule has 0 spiro atoms. The van der Waals surface area contributed by atoms with Crippen molar-refractivity contribution in [3.8, 4) is 22.6 Å². The number of rotatable bonds is 9. The molecule has 1 aliphatic carbocycles. The normalized spacial score (nSPS) is 15.6. The Morgan fingerprint density at radius 1 is 0.800 bits per heavy atom. The first-order valence-corrected chi connectivity index (χ1v) is 12.3. The van der Waals surface area contributed by atoms with Gasteiger partial charge in [0.1, 0.15) is 17.3 Å². The second-order valence-electron chi connectivity index (χ2n) is 8.84. The first-order valence-electron chi connectivity index (χ1n) is 12.3. The van der Waals surface area contributed by atoms with Crippen molar-refractivity contribution in [2.75, 3.05) is 13.2 Å². The summed E-state index contributed by atoms with van der Waals surface area (Å²) in [6, 6.07) is 15.3. The summed E-state index contributed by atoms with van der Waals surface area (Å²) >= 11 is 0. The van der Waals surface area contributed by atoms with E-state index >= 15 is 0 Å². The molecule has 0 saturated carbocycles. The fourth-order valence-electron chi connectivity index (χ4n) is 4.67. The highest BCUT2D eigenvalue weighted by atomic mass is 19.2. The molecule has 4 rings (SSSR count). The molecule has 0 radical (unpaired) electrons. The highest BCUT2D eigenvalue weighted by molar-refractivity contribution is 5.67. The lowest BCUT2D eigenvalue weighted by Crippen LogP contribution is -2.08. The Morgan fingerprint density at radius 2 is 1.49 bits per heavy atom. The van der Waals surface area contributed by atoms with E-state index < -0.39 is 11.6 Å². The van der Waals surface area contributed by atoms with Gasteiger partial charge in [0.15, 0.2) is 11.6 Å². The third kappa shape index (κ3) is 5.90. The van der Waals surface area contributed by atoms with Gasteiger partial charge in [-0.05, 0) is 92.8 Å². The van der Waals surface area contributed by atoms with Gasteiger partial charge in [-0.2, -0.15) is 0 Å². The Labute approximate surface area is 205 Å². The molecule has 35 heavy (non-hydrogen) atoms. The van der Waals surface area contributed by atoms with Gasteiger partial charge in [-0.1, -0.05) is 30.3 Å². The fourth-order valence-corrected chi connectivity index (χ4v) is 4.67. The standard InChI is InChI=1S/C30H31F3O2/c1-3-34-24-14-11-22(12-15-24)27-17-13-23(29(32)30(27)33)10-7-20-5-8-21(9-6-20)26-18-16-25(35-4-2)19-28(26)31/h8,11-20H,3-7,9-10H2,1-2H3. The van der Waals surface area contributed by atoms with Gasteiger partial charge in [0.25, 0.3) is 0 Å². The minimum absolute atomic E-state index is 0.247. The molecule has 0 aromatic heterocycles. The van der Waals surface area contributed by atoms with Crippen molar-refractivity contribution >= 4 is 5.57 Å². The van der Waals surface area contributed by atoms with Crippen LogP contribution in [0, 0.1) is 23.4 Å². The van der Waals surface area contributed by atoms with Crippen LogP contribution in [-0.4, -0.2) is 13.2 Å². The van der Waals surface area contributed by atoms with Crippen LogP contribution in [0.25, 0.3) is 16.7 Å². The summed E-state index contributed by atoms with van der Waals surface area (Å²) in [5.74, 6) is -0.276. The van der Waals surface area contributed by atoms with Crippen LogP contribution in [0.15, 0.2) is 60.7 Å². The predicted molar refractivity (Wildman–Crippen MR) is 134 cm³/mol. The molecule has 2 nitrogen and oxygen atoms in total. The number of benzene rings is 3. The molecule has 0 fully saturated rings. The van der Waals surface area contributed by atoms with Gasteiger partial charge in [-0.25, -0.2) is 13.2 Å². The van der Waals surface area contributed by atoms with Crippen molar-refractivity contribution in [3.63, 3.8) is 0 Å². The zero-order valence-electron chi connectivity index (χ0n) is 20.3. The second kappa shape index (κ2) is 11.5. The number of hydrogen-bond donors (Lipinski definition) is 0. The summed E-state index contributed by atoms with van der Waals surface area (Å²) in [6.45, 7) is 4.81. The Hall–Kier alpha value is -3.21. The van der Waals surface area contributed by atoms with Crippen LogP contribution in [0.4, 0.5) is 13.2 Å². The minimum atomic E-state index is -0.816. The van der Waals surface area contributed by atoms with E-state index in [1.165, 1.54) is 6.07 Å². The smallest absolute Gasteiger partial charge is 0.166 e.